The van der Waals surface area contributed by atoms with Gasteiger partial charge in [0.05, 0.1) is 5.69 Å². The van der Waals surface area contributed by atoms with Gasteiger partial charge in [-0.2, -0.15) is 0 Å². The summed E-state index contributed by atoms with van der Waals surface area (Å²) in [6.45, 7) is 8.36. The van der Waals surface area contributed by atoms with Crippen molar-refractivity contribution in [3.05, 3.63) is 40.4 Å². The van der Waals surface area contributed by atoms with E-state index < -0.39 is 0 Å². The minimum absolute atomic E-state index is 0.870. The maximum absolute atomic E-state index is 4.69. The lowest BCUT2D eigenvalue weighted by Crippen LogP contribution is -2.13. The van der Waals surface area contributed by atoms with Gasteiger partial charge in [0.25, 0.3) is 0 Å². The number of hydrogen-bond acceptors (Lipinski definition) is 3. The van der Waals surface area contributed by atoms with Crippen LogP contribution in [0.1, 0.15) is 30.2 Å². The number of rotatable bonds is 5. The van der Waals surface area contributed by atoms with Crippen LogP contribution in [0.2, 0.25) is 0 Å². The van der Waals surface area contributed by atoms with Gasteiger partial charge in [-0.05, 0) is 38.9 Å². The highest BCUT2D eigenvalue weighted by molar-refractivity contribution is 7.13. The predicted octanol–water partition coefficient (Wildman–Crippen LogP) is 3.93. The van der Waals surface area contributed by atoms with Crippen molar-refractivity contribution in [3.8, 4) is 10.6 Å². The molecule has 0 radical (unpaired) electrons. The topological polar surface area (TPSA) is 24.9 Å². The summed E-state index contributed by atoms with van der Waals surface area (Å²) in [5.74, 6) is 0. The molecule has 0 aliphatic carbocycles. The molecule has 1 N–H and O–H groups in total. The third-order valence-electron chi connectivity index (χ3n) is 2.75. The maximum Gasteiger partial charge on any atom is 0.123 e. The Morgan fingerprint density at radius 1 is 1.17 bits per heavy atom. The summed E-state index contributed by atoms with van der Waals surface area (Å²) in [6, 6.07) is 6.60. The molecule has 1 aromatic heterocycles. The molecule has 0 aliphatic rings. The highest BCUT2D eigenvalue weighted by atomic mass is 32.1. The van der Waals surface area contributed by atoms with Crippen LogP contribution < -0.4 is 5.32 Å². The first-order valence-corrected chi connectivity index (χ1v) is 7.31. The monoisotopic (exact) mass is 260 g/mol. The van der Waals surface area contributed by atoms with Crippen molar-refractivity contribution in [2.75, 3.05) is 6.54 Å². The number of aromatic nitrogens is 1. The molecule has 0 saturated carbocycles. The first kappa shape index (κ1) is 13.2. The number of nitrogens with zero attached hydrogens (tertiary/aromatic N) is 1. The van der Waals surface area contributed by atoms with Crippen LogP contribution in [0.3, 0.4) is 0 Å². The Morgan fingerprint density at radius 3 is 2.56 bits per heavy atom. The lowest BCUT2D eigenvalue weighted by Gasteiger charge is -2.02. The number of nitrogens with one attached hydrogen (secondary N) is 1. The third kappa shape index (κ3) is 3.40. The van der Waals surface area contributed by atoms with E-state index in [0.29, 0.717) is 0 Å². The van der Waals surface area contributed by atoms with Crippen LogP contribution in [0.4, 0.5) is 0 Å². The van der Waals surface area contributed by atoms with Gasteiger partial charge in [-0.15, -0.1) is 11.3 Å². The Kier molecular flexibility index (Phi) is 4.50. The minimum atomic E-state index is 0.870. The molecule has 96 valence electrons. The second kappa shape index (κ2) is 6.12. The molecule has 2 nitrogen and oxygen atoms in total. The highest BCUT2D eigenvalue weighted by Crippen LogP contribution is 2.25. The largest absolute Gasteiger partial charge is 0.311 e. The van der Waals surface area contributed by atoms with Crippen molar-refractivity contribution in [1.29, 1.82) is 0 Å². The summed E-state index contributed by atoms with van der Waals surface area (Å²) in [5.41, 5.74) is 4.97. The van der Waals surface area contributed by atoms with Gasteiger partial charge in [-0.1, -0.05) is 24.1 Å². The van der Waals surface area contributed by atoms with Crippen LogP contribution in [0.5, 0.6) is 0 Å². The van der Waals surface area contributed by atoms with Crippen LogP contribution in [0.25, 0.3) is 10.6 Å². The third-order valence-corrected chi connectivity index (χ3v) is 3.69. The normalized spacial score (nSPS) is 10.8. The Balaban J connectivity index is 2.13. The molecule has 18 heavy (non-hydrogen) atoms. The van der Waals surface area contributed by atoms with E-state index in [1.807, 2.05) is 0 Å². The fourth-order valence-electron chi connectivity index (χ4n) is 2.01. The van der Waals surface area contributed by atoms with Crippen LogP contribution >= 0.6 is 11.3 Å². The van der Waals surface area contributed by atoms with Crippen molar-refractivity contribution >= 4 is 11.3 Å². The molecule has 0 saturated heterocycles. The average Bonchev–Trinajstić information content (AvgIpc) is 2.77. The van der Waals surface area contributed by atoms with Gasteiger partial charge in [0.2, 0.25) is 0 Å². The van der Waals surface area contributed by atoms with Crippen molar-refractivity contribution in [3.63, 3.8) is 0 Å². The molecule has 0 fully saturated rings. The fraction of sp³-hybridized carbons (Fsp3) is 0.400. The summed E-state index contributed by atoms with van der Waals surface area (Å²) in [6.07, 6.45) is 1.16. The molecule has 1 aromatic carbocycles. The van der Waals surface area contributed by atoms with Gasteiger partial charge in [-0.3, -0.25) is 0 Å². The van der Waals surface area contributed by atoms with Crippen LogP contribution in [-0.2, 0) is 6.54 Å². The second-order valence-electron chi connectivity index (χ2n) is 4.70. The lowest BCUT2D eigenvalue weighted by molar-refractivity contribution is 0.667. The molecule has 0 amide bonds. The van der Waals surface area contributed by atoms with E-state index in [9.17, 15) is 0 Å². The van der Waals surface area contributed by atoms with Crippen molar-refractivity contribution < 1.29 is 0 Å². The highest BCUT2D eigenvalue weighted by Gasteiger charge is 2.05. The van der Waals surface area contributed by atoms with Crippen LogP contribution in [-0.4, -0.2) is 11.5 Å². The maximum atomic E-state index is 4.69. The van der Waals surface area contributed by atoms with Gasteiger partial charge in [0.1, 0.15) is 5.01 Å². The molecule has 2 aromatic rings. The molecule has 0 spiro atoms. The van der Waals surface area contributed by atoms with Crippen LogP contribution in [0, 0.1) is 13.8 Å². The Hall–Kier alpha value is -1.19. The Labute approximate surface area is 113 Å². The summed E-state index contributed by atoms with van der Waals surface area (Å²) in [5, 5.41) is 6.65. The number of aryl methyl sites for hydroxylation is 2. The summed E-state index contributed by atoms with van der Waals surface area (Å²) in [7, 11) is 0. The van der Waals surface area contributed by atoms with Gasteiger partial charge in [0.15, 0.2) is 0 Å². The van der Waals surface area contributed by atoms with Gasteiger partial charge < -0.3 is 5.32 Å². The molecule has 0 unspecified atom stereocenters. The zero-order chi connectivity index (χ0) is 13.0. The average molecular weight is 260 g/mol. The van der Waals surface area contributed by atoms with Crippen LogP contribution in [0.15, 0.2) is 23.6 Å². The van der Waals surface area contributed by atoms with E-state index in [-0.39, 0.29) is 0 Å². The lowest BCUT2D eigenvalue weighted by atomic mass is 10.1. The van der Waals surface area contributed by atoms with Gasteiger partial charge in [0, 0.05) is 17.5 Å². The molecular weight excluding hydrogens is 240 g/mol. The van der Waals surface area contributed by atoms with E-state index in [4.69, 9.17) is 4.98 Å². The summed E-state index contributed by atoms with van der Waals surface area (Å²) >= 11 is 1.73. The number of hydrogen-bond donors (Lipinski definition) is 1. The number of benzene rings is 1. The van der Waals surface area contributed by atoms with E-state index in [1.54, 1.807) is 11.3 Å². The predicted molar refractivity (Wildman–Crippen MR) is 79.0 cm³/mol. The molecular formula is C15H20N2S. The fourth-order valence-corrected chi connectivity index (χ4v) is 2.82. The van der Waals surface area contributed by atoms with Crippen molar-refractivity contribution in [2.45, 2.75) is 33.7 Å². The SMILES string of the molecule is CCCNCc1csc(-c2cc(C)cc(C)c2)n1. The molecule has 2 rings (SSSR count). The Bertz CT molecular complexity index is 497. The molecule has 0 bridgehead atoms. The zero-order valence-electron chi connectivity index (χ0n) is 11.3. The molecule has 3 heteroatoms. The Morgan fingerprint density at radius 2 is 1.89 bits per heavy atom. The van der Waals surface area contributed by atoms with Gasteiger partial charge in [-0.25, -0.2) is 4.98 Å². The quantitative estimate of drug-likeness (QED) is 0.824. The van der Waals surface area contributed by atoms with E-state index >= 15 is 0 Å². The second-order valence-corrected chi connectivity index (χ2v) is 5.56. The summed E-state index contributed by atoms with van der Waals surface area (Å²) in [4.78, 5) is 4.69. The minimum Gasteiger partial charge on any atom is -0.311 e. The van der Waals surface area contributed by atoms with E-state index in [2.05, 4.69) is 49.7 Å². The number of thiazole rings is 1. The molecule has 0 aliphatic heterocycles. The van der Waals surface area contributed by atoms with E-state index in [0.717, 1.165) is 30.2 Å². The smallest absolute Gasteiger partial charge is 0.123 e. The van der Waals surface area contributed by atoms with Crippen molar-refractivity contribution in [2.24, 2.45) is 0 Å². The van der Waals surface area contributed by atoms with E-state index in [1.165, 1.54) is 16.7 Å². The first-order valence-electron chi connectivity index (χ1n) is 6.43. The molecule has 1 heterocycles. The standard InChI is InChI=1S/C15H20N2S/c1-4-5-16-9-14-10-18-15(17-14)13-7-11(2)6-12(3)8-13/h6-8,10,16H,4-5,9H2,1-3H3. The summed E-state index contributed by atoms with van der Waals surface area (Å²) < 4.78 is 0. The zero-order valence-corrected chi connectivity index (χ0v) is 12.1. The first-order chi connectivity index (χ1) is 8.69. The molecule has 0 atom stereocenters. The van der Waals surface area contributed by atoms with Crippen molar-refractivity contribution in [1.82, 2.24) is 10.3 Å². The van der Waals surface area contributed by atoms with Gasteiger partial charge >= 0.3 is 0 Å².